The van der Waals surface area contributed by atoms with E-state index >= 15 is 0 Å². The summed E-state index contributed by atoms with van der Waals surface area (Å²) < 4.78 is 0. The van der Waals surface area contributed by atoms with Gasteiger partial charge >= 0.3 is 0 Å². The van der Waals surface area contributed by atoms with Crippen molar-refractivity contribution in [2.75, 3.05) is 5.32 Å². The average molecular weight is 469 g/mol. The minimum Gasteiger partial charge on any atom is -0.310 e. The molecule has 0 radical (unpaired) electrons. The Bertz CT molecular complexity index is 1190. The van der Waals surface area contributed by atoms with Crippen LogP contribution in [-0.4, -0.2) is 30.8 Å². The lowest BCUT2D eigenvalue weighted by atomic mass is 10.0. The Morgan fingerprint density at radius 2 is 1.69 bits per heavy atom. The van der Waals surface area contributed by atoms with E-state index in [1.807, 2.05) is 38.1 Å². The number of halogens is 2. The van der Waals surface area contributed by atoms with E-state index in [1.54, 1.807) is 43.2 Å². The van der Waals surface area contributed by atoms with Gasteiger partial charge in [0.05, 0.1) is 24.0 Å². The molecule has 4 rings (SSSR count). The van der Waals surface area contributed by atoms with Gasteiger partial charge in [-0.25, -0.2) is 4.98 Å². The van der Waals surface area contributed by atoms with Gasteiger partial charge in [-0.15, -0.1) is 24.8 Å². The van der Waals surface area contributed by atoms with Crippen LogP contribution in [0.3, 0.4) is 0 Å². The molecule has 0 atom stereocenters. The summed E-state index contributed by atoms with van der Waals surface area (Å²) in [6.45, 7) is 3.94. The van der Waals surface area contributed by atoms with E-state index in [0.29, 0.717) is 5.82 Å². The molecule has 0 aliphatic carbocycles. The van der Waals surface area contributed by atoms with Crippen molar-refractivity contribution in [1.29, 1.82) is 0 Å². The second kappa shape index (κ2) is 11.3. The second-order valence-electron chi connectivity index (χ2n) is 6.94. The molecule has 1 N–H and O–H groups in total. The molecule has 0 bridgehead atoms. The van der Waals surface area contributed by atoms with Gasteiger partial charge in [0, 0.05) is 47.8 Å². The van der Waals surface area contributed by atoms with Gasteiger partial charge in [0.15, 0.2) is 0 Å². The molecule has 4 heterocycles. The number of hydrogen-bond donors (Lipinski definition) is 1. The fourth-order valence-corrected chi connectivity index (χ4v) is 3.16. The summed E-state index contributed by atoms with van der Waals surface area (Å²) in [4.78, 5) is 33.8. The molecule has 164 valence electrons. The van der Waals surface area contributed by atoms with E-state index in [0.717, 1.165) is 39.3 Å². The molecule has 0 aromatic carbocycles. The zero-order valence-corrected chi connectivity index (χ0v) is 19.2. The molecule has 4 aromatic rings. The minimum atomic E-state index is -0.150. The zero-order valence-electron chi connectivity index (χ0n) is 17.5. The molecule has 0 aliphatic heterocycles. The van der Waals surface area contributed by atoms with Crippen molar-refractivity contribution >= 4 is 36.5 Å². The molecule has 7 nitrogen and oxygen atoms in total. The van der Waals surface area contributed by atoms with Gasteiger partial charge in [-0.05, 0) is 49.2 Å². The standard InChI is InChI=1S/C23H20N6O.2ClH/c1-15-9-17(12-28-23(15)18-5-6-25-16(2)10-18)11-22(30)29-21-4-3-19(13-27-21)20-14-24-7-8-26-20;;/h3-10,12-14H,11H2,1-2H3,(H,27,29,30);2*1H. The van der Waals surface area contributed by atoms with Crippen LogP contribution < -0.4 is 5.32 Å². The van der Waals surface area contributed by atoms with Crippen molar-refractivity contribution in [3.05, 3.63) is 84.3 Å². The first-order chi connectivity index (χ1) is 14.6. The van der Waals surface area contributed by atoms with Crippen molar-refractivity contribution in [3.63, 3.8) is 0 Å². The maximum Gasteiger partial charge on any atom is 0.230 e. The molecule has 0 fully saturated rings. The highest BCUT2D eigenvalue weighted by Crippen LogP contribution is 2.22. The Hall–Kier alpha value is -3.42. The molecule has 0 unspecified atom stereocenters. The highest BCUT2D eigenvalue weighted by molar-refractivity contribution is 5.91. The number of carbonyl (C=O) groups excluding carboxylic acids is 1. The summed E-state index contributed by atoms with van der Waals surface area (Å²) in [6, 6.07) is 9.52. The summed E-state index contributed by atoms with van der Waals surface area (Å²) in [5.74, 6) is 0.338. The average Bonchev–Trinajstić information content (AvgIpc) is 2.75. The summed E-state index contributed by atoms with van der Waals surface area (Å²) >= 11 is 0. The molecule has 9 heteroatoms. The van der Waals surface area contributed by atoms with E-state index in [-0.39, 0.29) is 37.1 Å². The number of nitrogens with one attached hydrogen (secondary N) is 1. The van der Waals surface area contributed by atoms with Crippen LogP contribution in [0.25, 0.3) is 22.5 Å². The second-order valence-corrected chi connectivity index (χ2v) is 6.94. The van der Waals surface area contributed by atoms with E-state index in [2.05, 4.69) is 30.2 Å². The molecule has 0 spiro atoms. The Balaban J connectivity index is 0.00000181. The van der Waals surface area contributed by atoms with E-state index in [1.165, 1.54) is 0 Å². The maximum atomic E-state index is 12.4. The molecular formula is C23H22Cl2N6O. The fourth-order valence-electron chi connectivity index (χ4n) is 3.16. The monoisotopic (exact) mass is 468 g/mol. The largest absolute Gasteiger partial charge is 0.310 e. The first-order valence-corrected chi connectivity index (χ1v) is 9.49. The highest BCUT2D eigenvalue weighted by Gasteiger charge is 2.10. The zero-order chi connectivity index (χ0) is 20.9. The van der Waals surface area contributed by atoms with E-state index < -0.39 is 0 Å². The normalized spacial score (nSPS) is 9.94. The van der Waals surface area contributed by atoms with Crippen LogP contribution in [-0.2, 0) is 11.2 Å². The number of pyridine rings is 3. The van der Waals surface area contributed by atoms with Crippen molar-refractivity contribution in [2.45, 2.75) is 20.3 Å². The Labute approximate surface area is 198 Å². The number of nitrogens with zero attached hydrogens (tertiary/aromatic N) is 5. The van der Waals surface area contributed by atoms with Gasteiger partial charge in [0.25, 0.3) is 0 Å². The van der Waals surface area contributed by atoms with Gasteiger partial charge in [0.1, 0.15) is 5.82 Å². The number of carbonyl (C=O) groups is 1. The van der Waals surface area contributed by atoms with Gasteiger partial charge < -0.3 is 5.32 Å². The number of hydrogen-bond acceptors (Lipinski definition) is 6. The topological polar surface area (TPSA) is 93.6 Å². The van der Waals surface area contributed by atoms with Crippen LogP contribution in [0.5, 0.6) is 0 Å². The molecule has 4 aromatic heterocycles. The predicted octanol–water partition coefficient (Wildman–Crippen LogP) is 4.64. The number of rotatable bonds is 5. The van der Waals surface area contributed by atoms with Crippen LogP contribution in [0.15, 0.2) is 67.5 Å². The summed E-state index contributed by atoms with van der Waals surface area (Å²) in [6.07, 6.45) is 10.3. The van der Waals surface area contributed by atoms with E-state index in [9.17, 15) is 4.79 Å². The van der Waals surface area contributed by atoms with Crippen LogP contribution in [0.2, 0.25) is 0 Å². The maximum absolute atomic E-state index is 12.4. The summed E-state index contributed by atoms with van der Waals surface area (Å²) in [7, 11) is 0. The summed E-state index contributed by atoms with van der Waals surface area (Å²) in [5.41, 5.74) is 6.27. The van der Waals surface area contributed by atoms with Crippen molar-refractivity contribution in [2.24, 2.45) is 0 Å². The lowest BCUT2D eigenvalue weighted by Gasteiger charge is -2.09. The van der Waals surface area contributed by atoms with Crippen molar-refractivity contribution < 1.29 is 4.79 Å². The van der Waals surface area contributed by atoms with Crippen LogP contribution in [0.1, 0.15) is 16.8 Å². The molecule has 1 amide bonds. The molecule has 32 heavy (non-hydrogen) atoms. The first kappa shape index (κ1) is 24.8. The lowest BCUT2D eigenvalue weighted by Crippen LogP contribution is -2.15. The molecular weight excluding hydrogens is 447 g/mol. The first-order valence-electron chi connectivity index (χ1n) is 9.49. The quantitative estimate of drug-likeness (QED) is 0.458. The van der Waals surface area contributed by atoms with Gasteiger partial charge in [-0.1, -0.05) is 6.07 Å². The fraction of sp³-hybridized carbons (Fsp3) is 0.130. The number of anilines is 1. The summed E-state index contributed by atoms with van der Waals surface area (Å²) in [5, 5.41) is 2.82. The smallest absolute Gasteiger partial charge is 0.230 e. The number of amides is 1. The van der Waals surface area contributed by atoms with Crippen LogP contribution >= 0.6 is 24.8 Å². The van der Waals surface area contributed by atoms with Gasteiger partial charge in [-0.3, -0.25) is 24.7 Å². The third-order valence-electron chi connectivity index (χ3n) is 4.56. The lowest BCUT2D eigenvalue weighted by molar-refractivity contribution is -0.115. The van der Waals surface area contributed by atoms with Crippen LogP contribution in [0, 0.1) is 13.8 Å². The SMILES string of the molecule is Cc1cc(-c2ncc(CC(=O)Nc3ccc(-c4cnccn4)cn3)cc2C)ccn1.Cl.Cl. The molecule has 0 aliphatic rings. The van der Waals surface area contributed by atoms with E-state index in [4.69, 9.17) is 0 Å². The Kier molecular flexibility index (Phi) is 8.75. The Morgan fingerprint density at radius 1 is 0.844 bits per heavy atom. The number of aromatic nitrogens is 5. The molecule has 0 saturated carbocycles. The van der Waals surface area contributed by atoms with Gasteiger partial charge in [-0.2, -0.15) is 0 Å². The van der Waals surface area contributed by atoms with Crippen molar-refractivity contribution in [3.8, 4) is 22.5 Å². The number of aryl methyl sites for hydroxylation is 2. The third kappa shape index (κ3) is 6.06. The highest BCUT2D eigenvalue weighted by atomic mass is 35.5. The Morgan fingerprint density at radius 3 is 2.34 bits per heavy atom. The van der Waals surface area contributed by atoms with Crippen molar-refractivity contribution in [1.82, 2.24) is 24.9 Å². The van der Waals surface area contributed by atoms with Crippen LogP contribution in [0.4, 0.5) is 5.82 Å². The third-order valence-corrected chi connectivity index (χ3v) is 4.56. The minimum absolute atomic E-state index is 0. The predicted molar refractivity (Wildman–Crippen MR) is 129 cm³/mol. The molecule has 0 saturated heterocycles. The van der Waals surface area contributed by atoms with Gasteiger partial charge in [0.2, 0.25) is 5.91 Å².